The van der Waals surface area contributed by atoms with E-state index < -0.39 is 0 Å². The van der Waals surface area contributed by atoms with Crippen LogP contribution in [0.4, 0.5) is 5.69 Å². The molecule has 0 radical (unpaired) electrons. The standard InChI is InChI=1S/C20H17ClN4O2/c1-2-12-22-19(26)14-7-9-15(10-8-14)23-20(27)17-11-13-25(24-17)18-6-4-3-5-16(18)21/h2-11,13H,1,12H2,(H,22,26)(H,23,27). The number of halogens is 1. The number of rotatable bonds is 6. The van der Waals surface area contributed by atoms with Crippen molar-refractivity contribution >= 4 is 29.1 Å². The number of amides is 2. The maximum atomic E-state index is 12.4. The summed E-state index contributed by atoms with van der Waals surface area (Å²) in [4.78, 5) is 24.2. The Bertz CT molecular complexity index is 980. The van der Waals surface area contributed by atoms with Crippen molar-refractivity contribution in [2.75, 3.05) is 11.9 Å². The fraction of sp³-hybridized carbons (Fsp3) is 0.0500. The molecular formula is C20H17ClN4O2. The summed E-state index contributed by atoms with van der Waals surface area (Å²) in [6.07, 6.45) is 3.28. The summed E-state index contributed by atoms with van der Waals surface area (Å²) in [5.41, 5.74) is 2.00. The summed E-state index contributed by atoms with van der Waals surface area (Å²) < 4.78 is 1.55. The monoisotopic (exact) mass is 380 g/mol. The van der Waals surface area contributed by atoms with Crippen LogP contribution in [0.15, 0.2) is 73.4 Å². The van der Waals surface area contributed by atoms with Crippen LogP contribution in [-0.4, -0.2) is 28.1 Å². The maximum Gasteiger partial charge on any atom is 0.276 e. The molecule has 2 aromatic carbocycles. The molecule has 1 heterocycles. The number of para-hydroxylation sites is 1. The Labute approximate surface area is 161 Å². The molecule has 6 nitrogen and oxygen atoms in total. The average Bonchev–Trinajstić information content (AvgIpc) is 3.17. The molecule has 3 rings (SSSR count). The van der Waals surface area contributed by atoms with Crippen LogP contribution in [0, 0.1) is 0 Å². The number of carbonyl (C=O) groups is 2. The summed E-state index contributed by atoms with van der Waals surface area (Å²) in [5.74, 6) is -0.559. The molecule has 27 heavy (non-hydrogen) atoms. The van der Waals surface area contributed by atoms with Crippen molar-refractivity contribution in [3.05, 3.63) is 89.7 Å². The minimum absolute atomic E-state index is 0.203. The second-order valence-electron chi connectivity index (χ2n) is 5.63. The highest BCUT2D eigenvalue weighted by molar-refractivity contribution is 6.32. The third-order valence-corrected chi connectivity index (χ3v) is 4.05. The lowest BCUT2D eigenvalue weighted by molar-refractivity contribution is 0.0957. The molecule has 7 heteroatoms. The zero-order valence-corrected chi connectivity index (χ0v) is 15.1. The predicted molar refractivity (Wildman–Crippen MR) is 105 cm³/mol. The van der Waals surface area contributed by atoms with Gasteiger partial charge in [-0.15, -0.1) is 6.58 Å². The highest BCUT2D eigenvalue weighted by Crippen LogP contribution is 2.19. The summed E-state index contributed by atoms with van der Waals surface area (Å²) in [6.45, 7) is 3.94. The van der Waals surface area contributed by atoms with E-state index in [4.69, 9.17) is 11.6 Å². The van der Waals surface area contributed by atoms with Crippen molar-refractivity contribution in [3.8, 4) is 5.69 Å². The third kappa shape index (κ3) is 4.43. The number of nitrogens with zero attached hydrogens (tertiary/aromatic N) is 2. The quantitative estimate of drug-likeness (QED) is 0.640. The Balaban J connectivity index is 1.68. The lowest BCUT2D eigenvalue weighted by Crippen LogP contribution is -2.23. The minimum Gasteiger partial charge on any atom is -0.349 e. The van der Waals surface area contributed by atoms with Crippen LogP contribution in [-0.2, 0) is 0 Å². The van der Waals surface area contributed by atoms with E-state index in [0.717, 1.165) is 0 Å². The molecule has 0 saturated heterocycles. The SMILES string of the molecule is C=CCNC(=O)c1ccc(NC(=O)c2ccn(-c3ccccc3Cl)n2)cc1. The van der Waals surface area contributed by atoms with Crippen molar-refractivity contribution in [1.82, 2.24) is 15.1 Å². The van der Waals surface area contributed by atoms with Crippen LogP contribution in [0.5, 0.6) is 0 Å². The molecule has 2 N–H and O–H groups in total. The molecule has 0 aliphatic carbocycles. The number of benzene rings is 2. The first-order valence-electron chi connectivity index (χ1n) is 8.19. The van der Waals surface area contributed by atoms with Crippen LogP contribution in [0.1, 0.15) is 20.8 Å². The first kappa shape index (κ1) is 18.4. The predicted octanol–water partition coefficient (Wildman–Crippen LogP) is 3.69. The van der Waals surface area contributed by atoms with Gasteiger partial charge in [-0.25, -0.2) is 4.68 Å². The van der Waals surface area contributed by atoms with E-state index in [9.17, 15) is 9.59 Å². The Morgan fingerprint density at radius 2 is 1.81 bits per heavy atom. The van der Waals surface area contributed by atoms with E-state index in [1.807, 2.05) is 18.2 Å². The fourth-order valence-corrected chi connectivity index (χ4v) is 2.61. The van der Waals surface area contributed by atoms with Crippen molar-refractivity contribution in [2.24, 2.45) is 0 Å². The zero-order chi connectivity index (χ0) is 19.2. The Kier molecular flexibility index (Phi) is 5.68. The molecule has 0 atom stereocenters. The van der Waals surface area contributed by atoms with E-state index in [1.165, 1.54) is 0 Å². The minimum atomic E-state index is -0.357. The Hall–Kier alpha value is -3.38. The van der Waals surface area contributed by atoms with Gasteiger partial charge in [-0.05, 0) is 42.5 Å². The average molecular weight is 381 g/mol. The fourth-order valence-electron chi connectivity index (χ4n) is 2.38. The normalized spacial score (nSPS) is 10.3. The van der Waals surface area contributed by atoms with E-state index in [0.29, 0.717) is 28.5 Å². The Morgan fingerprint density at radius 3 is 2.52 bits per heavy atom. The van der Waals surface area contributed by atoms with Gasteiger partial charge in [-0.1, -0.05) is 29.8 Å². The highest BCUT2D eigenvalue weighted by atomic mass is 35.5. The second-order valence-corrected chi connectivity index (χ2v) is 6.03. The van der Waals surface area contributed by atoms with E-state index in [2.05, 4.69) is 22.3 Å². The summed E-state index contributed by atoms with van der Waals surface area (Å²) in [5, 5.41) is 10.2. The smallest absolute Gasteiger partial charge is 0.276 e. The molecule has 136 valence electrons. The van der Waals surface area contributed by atoms with Crippen LogP contribution in [0.25, 0.3) is 5.69 Å². The van der Waals surface area contributed by atoms with Gasteiger partial charge < -0.3 is 10.6 Å². The first-order valence-corrected chi connectivity index (χ1v) is 8.57. The number of aromatic nitrogens is 2. The molecule has 0 aliphatic heterocycles. The van der Waals surface area contributed by atoms with Gasteiger partial charge in [-0.2, -0.15) is 5.10 Å². The van der Waals surface area contributed by atoms with Crippen LogP contribution in [0.2, 0.25) is 5.02 Å². The van der Waals surface area contributed by atoms with E-state index in [1.54, 1.807) is 53.4 Å². The van der Waals surface area contributed by atoms with Gasteiger partial charge in [-0.3, -0.25) is 9.59 Å². The highest BCUT2D eigenvalue weighted by Gasteiger charge is 2.12. The van der Waals surface area contributed by atoms with Gasteiger partial charge in [0.1, 0.15) is 0 Å². The van der Waals surface area contributed by atoms with Gasteiger partial charge in [0.15, 0.2) is 5.69 Å². The zero-order valence-electron chi connectivity index (χ0n) is 14.4. The molecule has 0 fully saturated rings. The van der Waals surface area contributed by atoms with E-state index >= 15 is 0 Å². The lowest BCUT2D eigenvalue weighted by atomic mass is 10.2. The summed E-state index contributed by atoms with van der Waals surface area (Å²) in [7, 11) is 0. The molecular weight excluding hydrogens is 364 g/mol. The molecule has 0 unspecified atom stereocenters. The summed E-state index contributed by atoms with van der Waals surface area (Å²) in [6, 6.07) is 15.4. The van der Waals surface area contributed by atoms with Crippen LogP contribution < -0.4 is 10.6 Å². The maximum absolute atomic E-state index is 12.4. The molecule has 0 bridgehead atoms. The first-order chi connectivity index (χ1) is 13.1. The van der Waals surface area contributed by atoms with Crippen LogP contribution in [0.3, 0.4) is 0 Å². The number of anilines is 1. The van der Waals surface area contributed by atoms with Crippen molar-refractivity contribution in [3.63, 3.8) is 0 Å². The Morgan fingerprint density at radius 1 is 1.07 bits per heavy atom. The number of hydrogen-bond donors (Lipinski definition) is 2. The second kappa shape index (κ2) is 8.33. The van der Waals surface area contributed by atoms with Crippen molar-refractivity contribution in [2.45, 2.75) is 0 Å². The van der Waals surface area contributed by atoms with Gasteiger partial charge >= 0.3 is 0 Å². The molecule has 3 aromatic rings. The molecule has 0 spiro atoms. The van der Waals surface area contributed by atoms with Gasteiger partial charge in [0.25, 0.3) is 11.8 Å². The van der Waals surface area contributed by atoms with E-state index in [-0.39, 0.29) is 17.5 Å². The third-order valence-electron chi connectivity index (χ3n) is 3.73. The largest absolute Gasteiger partial charge is 0.349 e. The number of hydrogen-bond acceptors (Lipinski definition) is 3. The van der Waals surface area contributed by atoms with Gasteiger partial charge in [0, 0.05) is 24.0 Å². The van der Waals surface area contributed by atoms with Crippen LogP contribution >= 0.6 is 11.6 Å². The molecule has 0 aliphatic rings. The number of carbonyl (C=O) groups excluding carboxylic acids is 2. The summed E-state index contributed by atoms with van der Waals surface area (Å²) >= 11 is 6.15. The molecule has 2 amide bonds. The number of nitrogens with one attached hydrogen (secondary N) is 2. The molecule has 1 aromatic heterocycles. The van der Waals surface area contributed by atoms with Crippen molar-refractivity contribution in [1.29, 1.82) is 0 Å². The van der Waals surface area contributed by atoms with Gasteiger partial charge in [0.05, 0.1) is 10.7 Å². The lowest BCUT2D eigenvalue weighted by Gasteiger charge is -2.06. The van der Waals surface area contributed by atoms with Crippen molar-refractivity contribution < 1.29 is 9.59 Å². The van der Waals surface area contributed by atoms with Gasteiger partial charge in [0.2, 0.25) is 0 Å². The topological polar surface area (TPSA) is 76.0 Å². The molecule has 0 saturated carbocycles.